The SMILES string of the molecule is c1ccc(P(c2ccccc2)c2ccnc3c2Oc2c(P(c4ccccc4)c4ccccc4)ccnc2N3)cc1. The second-order valence-electron chi connectivity index (χ2n) is 9.26. The molecule has 0 spiro atoms. The highest BCUT2D eigenvalue weighted by atomic mass is 31.1. The van der Waals surface area contributed by atoms with Crippen LogP contribution < -0.4 is 41.9 Å². The Kier molecular flexibility index (Phi) is 6.80. The van der Waals surface area contributed by atoms with Gasteiger partial charge in [0.1, 0.15) is 0 Å². The highest BCUT2D eigenvalue weighted by Crippen LogP contribution is 2.47. The standard InChI is InChI=1S/C34H25N3OP2/c1-5-13-25(14-6-1)39(26-15-7-2-8-16-26)29-21-23-35-33-31(29)38-32-30(22-24-36-34(32)37-33)40(27-17-9-3-10-18-27)28-19-11-4-12-20-28/h1-24H,(H,35,36,37). The van der Waals surface area contributed by atoms with Gasteiger partial charge in [-0.15, -0.1) is 0 Å². The van der Waals surface area contributed by atoms with Crippen molar-refractivity contribution in [1.82, 2.24) is 9.97 Å². The van der Waals surface area contributed by atoms with Crippen LogP contribution >= 0.6 is 15.8 Å². The monoisotopic (exact) mass is 553 g/mol. The van der Waals surface area contributed by atoms with Crippen LogP contribution in [-0.2, 0) is 0 Å². The van der Waals surface area contributed by atoms with E-state index in [1.54, 1.807) is 0 Å². The van der Waals surface area contributed by atoms with Gasteiger partial charge in [0.05, 0.1) is 0 Å². The molecular formula is C34H25N3OP2. The minimum atomic E-state index is -0.883. The van der Waals surface area contributed by atoms with Crippen molar-refractivity contribution in [3.05, 3.63) is 146 Å². The van der Waals surface area contributed by atoms with Crippen molar-refractivity contribution in [1.29, 1.82) is 0 Å². The molecule has 4 aromatic carbocycles. The molecule has 0 aliphatic carbocycles. The molecule has 40 heavy (non-hydrogen) atoms. The fourth-order valence-electron chi connectivity index (χ4n) is 4.98. The lowest BCUT2D eigenvalue weighted by atomic mass is 10.3. The zero-order chi connectivity index (χ0) is 26.7. The first-order valence-corrected chi connectivity index (χ1v) is 15.8. The smallest absolute Gasteiger partial charge is 0.178 e. The molecule has 0 atom stereocenters. The summed E-state index contributed by atoms with van der Waals surface area (Å²) < 4.78 is 6.93. The molecule has 192 valence electrons. The highest BCUT2D eigenvalue weighted by molar-refractivity contribution is 7.80. The number of nitrogens with zero attached hydrogens (tertiary/aromatic N) is 2. The Hall–Kier alpha value is -4.36. The normalized spacial score (nSPS) is 11.8. The number of hydrogen-bond acceptors (Lipinski definition) is 4. The lowest BCUT2D eigenvalue weighted by Crippen LogP contribution is -2.27. The summed E-state index contributed by atoms with van der Waals surface area (Å²) in [6, 6.07) is 46.9. The fourth-order valence-corrected chi connectivity index (χ4v) is 9.72. The molecule has 0 unspecified atom stereocenters. The Morgan fingerprint density at radius 3 is 1.07 bits per heavy atom. The van der Waals surface area contributed by atoms with Crippen molar-refractivity contribution < 1.29 is 4.74 Å². The minimum Gasteiger partial charge on any atom is -0.448 e. The predicted octanol–water partition coefficient (Wildman–Crippen LogP) is 5.84. The maximum atomic E-state index is 6.93. The third-order valence-corrected chi connectivity index (χ3v) is 11.7. The molecule has 2 aromatic heterocycles. The second kappa shape index (κ2) is 11.0. The number of benzene rings is 4. The van der Waals surface area contributed by atoms with Crippen LogP contribution in [0.25, 0.3) is 0 Å². The van der Waals surface area contributed by atoms with Gasteiger partial charge in [-0.05, 0) is 49.2 Å². The van der Waals surface area contributed by atoms with Gasteiger partial charge in [-0.25, -0.2) is 9.97 Å². The van der Waals surface area contributed by atoms with Gasteiger partial charge >= 0.3 is 0 Å². The van der Waals surface area contributed by atoms with E-state index in [0.29, 0.717) is 11.6 Å². The lowest BCUT2D eigenvalue weighted by molar-refractivity contribution is 0.484. The van der Waals surface area contributed by atoms with E-state index < -0.39 is 15.8 Å². The number of fused-ring (bicyclic) bond motifs is 2. The third kappa shape index (κ3) is 4.67. The summed E-state index contributed by atoms with van der Waals surface area (Å²) in [7, 11) is -1.77. The molecule has 0 saturated heterocycles. The van der Waals surface area contributed by atoms with E-state index in [9.17, 15) is 0 Å². The molecule has 1 aliphatic heterocycles. The predicted molar refractivity (Wildman–Crippen MR) is 169 cm³/mol. The number of aromatic nitrogens is 2. The Labute approximate surface area is 236 Å². The van der Waals surface area contributed by atoms with Crippen molar-refractivity contribution in [2.75, 3.05) is 5.32 Å². The van der Waals surface area contributed by atoms with Crippen LogP contribution in [0.1, 0.15) is 0 Å². The summed E-state index contributed by atoms with van der Waals surface area (Å²) >= 11 is 0. The maximum Gasteiger partial charge on any atom is 0.178 e. The fraction of sp³-hybridized carbons (Fsp3) is 0. The van der Waals surface area contributed by atoms with Crippen LogP contribution in [0.4, 0.5) is 11.6 Å². The van der Waals surface area contributed by atoms with Crippen LogP contribution in [0.2, 0.25) is 0 Å². The van der Waals surface area contributed by atoms with E-state index in [4.69, 9.17) is 4.74 Å². The largest absolute Gasteiger partial charge is 0.448 e. The van der Waals surface area contributed by atoms with Crippen LogP contribution in [-0.4, -0.2) is 9.97 Å². The molecule has 1 aliphatic rings. The zero-order valence-corrected chi connectivity index (χ0v) is 23.3. The molecular weight excluding hydrogens is 528 g/mol. The molecule has 1 N–H and O–H groups in total. The summed E-state index contributed by atoms with van der Waals surface area (Å²) in [5, 5.41) is 10.8. The average Bonchev–Trinajstić information content (AvgIpc) is 3.03. The van der Waals surface area contributed by atoms with Crippen LogP contribution in [0.3, 0.4) is 0 Å². The molecule has 0 radical (unpaired) electrons. The summed E-state index contributed by atoms with van der Waals surface area (Å²) in [6.07, 6.45) is 3.73. The summed E-state index contributed by atoms with van der Waals surface area (Å²) in [6.45, 7) is 0. The molecule has 3 heterocycles. The topological polar surface area (TPSA) is 47.0 Å². The average molecular weight is 554 g/mol. The maximum absolute atomic E-state index is 6.93. The first kappa shape index (κ1) is 24.7. The molecule has 0 bridgehead atoms. The van der Waals surface area contributed by atoms with Gasteiger partial charge < -0.3 is 10.1 Å². The Bertz CT molecular complexity index is 1540. The number of anilines is 2. The molecule has 6 heteroatoms. The first-order chi connectivity index (χ1) is 19.9. The van der Waals surface area contributed by atoms with Gasteiger partial charge in [-0.1, -0.05) is 121 Å². The molecule has 0 saturated carbocycles. The number of pyridine rings is 2. The van der Waals surface area contributed by atoms with Gasteiger partial charge in [0, 0.05) is 23.0 Å². The summed E-state index contributed by atoms with van der Waals surface area (Å²) in [5.74, 6) is 2.91. The van der Waals surface area contributed by atoms with E-state index in [1.165, 1.54) is 21.2 Å². The van der Waals surface area contributed by atoms with Crippen LogP contribution in [0, 0.1) is 0 Å². The first-order valence-electron chi connectivity index (χ1n) is 13.1. The molecule has 6 aromatic rings. The van der Waals surface area contributed by atoms with E-state index in [2.05, 4.69) is 149 Å². The van der Waals surface area contributed by atoms with Gasteiger partial charge in [-0.2, -0.15) is 0 Å². The molecule has 4 nitrogen and oxygen atoms in total. The van der Waals surface area contributed by atoms with Gasteiger partial charge in [-0.3, -0.25) is 0 Å². The Morgan fingerprint density at radius 1 is 0.425 bits per heavy atom. The molecule has 7 rings (SSSR count). The summed E-state index contributed by atoms with van der Waals surface area (Å²) in [5.41, 5.74) is 0. The van der Waals surface area contributed by atoms with Crippen LogP contribution in [0.5, 0.6) is 11.5 Å². The van der Waals surface area contributed by atoms with E-state index >= 15 is 0 Å². The van der Waals surface area contributed by atoms with Crippen molar-refractivity contribution >= 4 is 59.3 Å². The van der Waals surface area contributed by atoms with Crippen molar-refractivity contribution in [2.45, 2.75) is 0 Å². The van der Waals surface area contributed by atoms with Gasteiger partial charge in [0.15, 0.2) is 23.1 Å². The van der Waals surface area contributed by atoms with E-state index in [-0.39, 0.29) is 0 Å². The molecule has 0 fully saturated rings. The lowest BCUT2D eigenvalue weighted by Gasteiger charge is -2.29. The van der Waals surface area contributed by atoms with Crippen molar-refractivity contribution in [3.63, 3.8) is 0 Å². The van der Waals surface area contributed by atoms with E-state index in [0.717, 1.165) is 22.1 Å². The van der Waals surface area contributed by atoms with Gasteiger partial charge in [0.2, 0.25) is 0 Å². The van der Waals surface area contributed by atoms with Crippen LogP contribution in [0.15, 0.2) is 146 Å². The van der Waals surface area contributed by atoms with E-state index in [1.807, 2.05) is 12.4 Å². The second-order valence-corrected chi connectivity index (χ2v) is 13.6. The molecule has 0 amide bonds. The minimum absolute atomic E-state index is 0.692. The summed E-state index contributed by atoms with van der Waals surface area (Å²) in [4.78, 5) is 9.36. The third-order valence-electron chi connectivity index (χ3n) is 6.75. The zero-order valence-electron chi connectivity index (χ0n) is 21.6. The van der Waals surface area contributed by atoms with Gasteiger partial charge in [0.25, 0.3) is 0 Å². The Balaban J connectivity index is 1.39. The number of nitrogens with one attached hydrogen (secondary N) is 1. The quantitative estimate of drug-likeness (QED) is 0.263. The Morgan fingerprint density at radius 2 is 0.750 bits per heavy atom. The number of ether oxygens (including phenoxy) is 1. The van der Waals surface area contributed by atoms with Crippen molar-refractivity contribution in [2.24, 2.45) is 0 Å². The van der Waals surface area contributed by atoms with Crippen molar-refractivity contribution in [3.8, 4) is 11.5 Å². The number of rotatable bonds is 6. The number of hydrogen-bond donors (Lipinski definition) is 1. The highest BCUT2D eigenvalue weighted by Gasteiger charge is 2.31.